The van der Waals surface area contributed by atoms with Gasteiger partial charge < -0.3 is 14.8 Å². The van der Waals surface area contributed by atoms with E-state index in [-0.39, 0.29) is 0 Å². The first-order valence-corrected chi connectivity index (χ1v) is 9.00. The number of rotatable bonds is 3. The van der Waals surface area contributed by atoms with Gasteiger partial charge in [0.15, 0.2) is 7.11 Å². The zero-order valence-electron chi connectivity index (χ0n) is 18.4. The lowest BCUT2D eigenvalue weighted by atomic mass is 10.1. The Balaban J connectivity index is -0.000000296. The normalized spacial score (nSPS) is 11.8. The summed E-state index contributed by atoms with van der Waals surface area (Å²) in [7, 11) is 7.82. The van der Waals surface area contributed by atoms with Crippen LogP contribution in [-0.4, -0.2) is 69.7 Å². The number of methoxy groups -OCH3 is 1. The van der Waals surface area contributed by atoms with Gasteiger partial charge in [-0.05, 0) is 45.5 Å². The van der Waals surface area contributed by atoms with Gasteiger partial charge in [-0.2, -0.15) is 0 Å². The zero-order valence-corrected chi connectivity index (χ0v) is 18.4. The fraction of sp³-hybridized carbons (Fsp3) is 0.571. The molecule has 2 rings (SSSR count). The van der Waals surface area contributed by atoms with Crippen LogP contribution in [0.5, 0.6) is 0 Å². The zero-order chi connectivity index (χ0) is 22.2. The van der Waals surface area contributed by atoms with E-state index in [1.807, 2.05) is 30.3 Å². The molecule has 0 aromatic heterocycles. The molecule has 7 nitrogen and oxygen atoms in total. The quantitative estimate of drug-likeness (QED) is 0.258. The first kappa shape index (κ1) is 30.3. The highest BCUT2D eigenvalue weighted by Crippen LogP contribution is 2.04. The van der Waals surface area contributed by atoms with Gasteiger partial charge in [-0.25, -0.2) is 9.58 Å². The Labute approximate surface area is 171 Å². The number of benzene rings is 1. The molecule has 1 aliphatic heterocycles. The predicted molar refractivity (Wildman–Crippen MR) is 116 cm³/mol. The molecule has 0 aliphatic carbocycles. The SMILES string of the molecule is C#CC.C=[N+](C)[O-].CN1CCCCC1.COCc1ccccc1.CO[N+](C)=O. The predicted octanol–water partition coefficient (Wildman–Crippen LogP) is 3.36. The van der Waals surface area contributed by atoms with Crippen molar-refractivity contribution >= 4 is 6.72 Å². The maximum Gasteiger partial charge on any atom is 0.239 e. The number of nitrogens with zero attached hydrogens (tertiary/aromatic N) is 3. The van der Waals surface area contributed by atoms with E-state index in [0.717, 1.165) is 0 Å². The fourth-order valence-corrected chi connectivity index (χ4v) is 1.79. The van der Waals surface area contributed by atoms with Crippen LogP contribution in [0.4, 0.5) is 0 Å². The maximum absolute atomic E-state index is 9.51. The Kier molecular flexibility index (Phi) is 26.6. The van der Waals surface area contributed by atoms with Crippen molar-refractivity contribution < 1.29 is 19.2 Å². The molecule has 160 valence electrons. The fourth-order valence-electron chi connectivity index (χ4n) is 1.79. The summed E-state index contributed by atoms with van der Waals surface area (Å²) in [5, 5.41) is 9.25. The number of terminal acetylenes is 1. The van der Waals surface area contributed by atoms with E-state index in [0.29, 0.717) is 16.3 Å². The molecule has 1 saturated heterocycles. The molecule has 28 heavy (non-hydrogen) atoms. The molecule has 0 spiro atoms. The molecule has 0 amide bonds. The third-order valence-corrected chi connectivity index (χ3v) is 2.99. The molecule has 1 fully saturated rings. The third kappa shape index (κ3) is 34.8. The van der Waals surface area contributed by atoms with Crippen molar-refractivity contribution in [3.8, 4) is 12.3 Å². The number of hydroxylamine groups is 1. The molecule has 1 heterocycles. The monoisotopic (exact) mass is 396 g/mol. The van der Waals surface area contributed by atoms with E-state index in [9.17, 15) is 10.1 Å². The van der Waals surface area contributed by atoms with Gasteiger partial charge in [-0.15, -0.1) is 12.3 Å². The van der Waals surface area contributed by atoms with Crippen LogP contribution in [0.1, 0.15) is 31.7 Å². The first-order chi connectivity index (χ1) is 13.2. The van der Waals surface area contributed by atoms with Gasteiger partial charge in [0.05, 0.1) is 11.5 Å². The molecule has 1 aromatic carbocycles. The minimum Gasteiger partial charge on any atom is -0.624 e. The van der Waals surface area contributed by atoms with Crippen molar-refractivity contribution in [2.24, 2.45) is 0 Å². The highest BCUT2D eigenvalue weighted by atomic mass is 16.7. The van der Waals surface area contributed by atoms with Crippen LogP contribution in [0, 0.1) is 22.5 Å². The Morgan fingerprint density at radius 1 is 1.18 bits per heavy atom. The Hall–Kier alpha value is -2.43. The highest BCUT2D eigenvalue weighted by molar-refractivity contribution is 5.14. The second kappa shape index (κ2) is 24.6. The molecule has 7 heteroatoms. The van der Waals surface area contributed by atoms with Gasteiger partial charge in [0.2, 0.25) is 12.0 Å². The lowest BCUT2D eigenvalue weighted by Crippen LogP contribution is -2.24. The topological polar surface area (TPSA) is 67.9 Å². The van der Waals surface area contributed by atoms with Crippen molar-refractivity contribution in [2.75, 3.05) is 48.5 Å². The molecule has 0 unspecified atom stereocenters. The van der Waals surface area contributed by atoms with Gasteiger partial charge in [-0.3, -0.25) is 0 Å². The van der Waals surface area contributed by atoms with Gasteiger partial charge in [0, 0.05) is 7.11 Å². The second-order valence-electron chi connectivity index (χ2n) is 5.82. The van der Waals surface area contributed by atoms with E-state index in [1.54, 1.807) is 14.0 Å². The van der Waals surface area contributed by atoms with E-state index in [2.05, 4.69) is 35.8 Å². The number of hydrogen-bond acceptors (Lipinski definition) is 5. The summed E-state index contributed by atoms with van der Waals surface area (Å²) in [6, 6.07) is 10.1. The molecule has 0 bridgehead atoms. The smallest absolute Gasteiger partial charge is 0.239 e. The Morgan fingerprint density at radius 2 is 1.57 bits per heavy atom. The van der Waals surface area contributed by atoms with Gasteiger partial charge in [0.25, 0.3) is 0 Å². The maximum atomic E-state index is 9.51. The van der Waals surface area contributed by atoms with Gasteiger partial charge >= 0.3 is 0 Å². The van der Waals surface area contributed by atoms with E-state index < -0.39 is 0 Å². The van der Waals surface area contributed by atoms with Crippen LogP contribution in [-0.2, 0) is 16.2 Å². The molecular formula is C21H38N3O4+. The molecule has 1 aromatic rings. The van der Waals surface area contributed by atoms with Crippen molar-refractivity contribution in [2.45, 2.75) is 32.8 Å². The van der Waals surface area contributed by atoms with E-state index in [1.165, 1.54) is 59.1 Å². The van der Waals surface area contributed by atoms with Crippen LogP contribution in [0.25, 0.3) is 0 Å². The molecular weight excluding hydrogens is 358 g/mol. The summed E-state index contributed by atoms with van der Waals surface area (Å²) < 4.78 is 5.43. The van der Waals surface area contributed by atoms with Crippen LogP contribution in [0.15, 0.2) is 30.3 Å². The van der Waals surface area contributed by atoms with Crippen molar-refractivity contribution in [3.63, 3.8) is 0 Å². The Morgan fingerprint density at radius 3 is 1.82 bits per heavy atom. The Bertz CT molecular complexity index is 506. The second-order valence-corrected chi connectivity index (χ2v) is 5.82. The van der Waals surface area contributed by atoms with E-state index >= 15 is 0 Å². The molecule has 0 radical (unpaired) electrons. The molecule has 0 N–H and O–H groups in total. The van der Waals surface area contributed by atoms with E-state index in [4.69, 9.17) is 4.74 Å². The summed E-state index contributed by atoms with van der Waals surface area (Å²) in [6.45, 7) is 7.92. The number of piperidine rings is 1. The summed E-state index contributed by atoms with van der Waals surface area (Å²) in [4.78, 5) is 16.3. The minimum absolute atomic E-state index is 0.375. The van der Waals surface area contributed by atoms with Crippen molar-refractivity contribution in [1.82, 2.24) is 4.90 Å². The van der Waals surface area contributed by atoms with Crippen molar-refractivity contribution in [3.05, 3.63) is 46.0 Å². The van der Waals surface area contributed by atoms with Crippen LogP contribution >= 0.6 is 0 Å². The third-order valence-electron chi connectivity index (χ3n) is 2.99. The van der Waals surface area contributed by atoms with Crippen LogP contribution < -0.4 is 0 Å². The molecule has 1 aliphatic rings. The minimum atomic E-state index is 0.375. The first-order valence-electron chi connectivity index (χ1n) is 9.00. The molecule has 0 atom stereocenters. The van der Waals surface area contributed by atoms with Crippen molar-refractivity contribution in [1.29, 1.82) is 0 Å². The highest BCUT2D eigenvalue weighted by Gasteiger charge is 2.02. The van der Waals surface area contributed by atoms with Crippen LogP contribution in [0.2, 0.25) is 0 Å². The van der Waals surface area contributed by atoms with Crippen LogP contribution in [0.3, 0.4) is 0 Å². The lowest BCUT2D eigenvalue weighted by molar-refractivity contribution is -0.776. The number of hydrogen-bond donors (Lipinski definition) is 0. The summed E-state index contributed by atoms with van der Waals surface area (Å²) in [5.74, 6) is 2.25. The summed E-state index contributed by atoms with van der Waals surface area (Å²) in [6.07, 6.45) is 8.87. The number of ether oxygens (including phenoxy) is 1. The van der Waals surface area contributed by atoms with Gasteiger partial charge in [0.1, 0.15) is 13.8 Å². The van der Waals surface area contributed by atoms with Gasteiger partial charge in [-0.1, -0.05) is 36.8 Å². The standard InChI is InChI=1S/C8H10O.C6H13N.C3H4.C2H6NO2.C2H5NO/c1-9-7-8-5-3-2-4-6-8;1-7-5-3-2-4-6-7;1-3-2;1-3(4)5-2;1-3(2)4/h2-6H,7H2,1H3;2-6H2,1H3;1H,2H3;1-2H3;1H2,2H3/q;;;+1;. The summed E-state index contributed by atoms with van der Waals surface area (Å²) in [5.41, 5.74) is 1.22. The summed E-state index contributed by atoms with van der Waals surface area (Å²) >= 11 is 0. The molecule has 0 saturated carbocycles. The lowest BCUT2D eigenvalue weighted by Gasteiger charge is -2.20. The average molecular weight is 397 g/mol. The average Bonchev–Trinajstić information content (AvgIpc) is 2.65. The largest absolute Gasteiger partial charge is 0.624 e. The number of likely N-dealkylation sites (tertiary alicyclic amines) is 1.